The predicted molar refractivity (Wildman–Crippen MR) is 88.8 cm³/mol. The molecule has 1 saturated heterocycles. The smallest absolute Gasteiger partial charge is 0.233 e. The van der Waals surface area contributed by atoms with E-state index in [2.05, 4.69) is 10.4 Å². The number of rotatable bonds is 3. The molecule has 0 bridgehead atoms. The van der Waals surface area contributed by atoms with E-state index >= 15 is 0 Å². The van der Waals surface area contributed by atoms with E-state index < -0.39 is 0 Å². The number of carbonyl (C=O) groups excluding carboxylic acids is 1. The van der Waals surface area contributed by atoms with Crippen molar-refractivity contribution < 1.29 is 4.79 Å². The molecule has 1 atom stereocenters. The van der Waals surface area contributed by atoms with E-state index in [9.17, 15) is 4.79 Å². The molecule has 0 aliphatic carbocycles. The highest BCUT2D eigenvalue weighted by molar-refractivity contribution is 8.02. The lowest BCUT2D eigenvalue weighted by atomic mass is 10.2. The summed E-state index contributed by atoms with van der Waals surface area (Å²) in [5.41, 5.74) is 0.955. The van der Waals surface area contributed by atoms with E-state index in [0.717, 1.165) is 35.8 Å². The van der Waals surface area contributed by atoms with Gasteiger partial charge in [-0.25, -0.2) is 4.68 Å². The number of nitrogens with one attached hydrogen (secondary N) is 1. The normalized spacial score (nSPS) is 19.0. The summed E-state index contributed by atoms with van der Waals surface area (Å²) in [5, 5.41) is 7.45. The first-order chi connectivity index (χ1) is 10.2. The average molecular weight is 337 g/mol. The van der Waals surface area contributed by atoms with Crippen LogP contribution in [0.3, 0.4) is 0 Å². The van der Waals surface area contributed by atoms with Gasteiger partial charge in [-0.2, -0.15) is 0 Å². The second-order valence-electron chi connectivity index (χ2n) is 4.77. The van der Waals surface area contributed by atoms with Crippen molar-refractivity contribution in [2.45, 2.75) is 28.9 Å². The van der Waals surface area contributed by atoms with Gasteiger partial charge in [0.15, 0.2) is 8.29 Å². The molecule has 1 N–H and O–H groups in total. The van der Waals surface area contributed by atoms with Gasteiger partial charge in [0.2, 0.25) is 5.91 Å². The summed E-state index contributed by atoms with van der Waals surface area (Å²) in [4.78, 5) is 12.0. The van der Waals surface area contributed by atoms with Crippen molar-refractivity contribution in [3.63, 3.8) is 0 Å². The van der Waals surface area contributed by atoms with Gasteiger partial charge in [0.25, 0.3) is 0 Å². The maximum Gasteiger partial charge on any atom is 0.233 e. The Bertz CT molecular complexity index is 680. The van der Waals surface area contributed by atoms with Crippen LogP contribution in [0.15, 0.2) is 34.7 Å². The molecule has 1 aromatic heterocycles. The molecule has 1 amide bonds. The van der Waals surface area contributed by atoms with E-state index in [1.807, 2.05) is 30.3 Å². The maximum absolute atomic E-state index is 12.0. The minimum absolute atomic E-state index is 0.0581. The molecule has 0 spiro atoms. The summed E-state index contributed by atoms with van der Waals surface area (Å²) in [6, 6.07) is 9.83. The first-order valence-electron chi connectivity index (χ1n) is 6.84. The van der Waals surface area contributed by atoms with Crippen LogP contribution in [-0.4, -0.2) is 27.5 Å². The largest absolute Gasteiger partial charge is 0.355 e. The molecule has 1 aliphatic rings. The van der Waals surface area contributed by atoms with E-state index in [1.54, 1.807) is 4.68 Å². The van der Waals surface area contributed by atoms with Gasteiger partial charge < -0.3 is 5.32 Å². The minimum Gasteiger partial charge on any atom is -0.355 e. The first-order valence-corrected chi connectivity index (χ1v) is 8.94. The fraction of sp³-hybridized carbons (Fsp3) is 0.357. The molecule has 1 aromatic carbocycles. The van der Waals surface area contributed by atoms with Gasteiger partial charge in [0, 0.05) is 6.54 Å². The van der Waals surface area contributed by atoms with Gasteiger partial charge in [0.1, 0.15) is 0 Å². The molecule has 1 aliphatic heterocycles. The van der Waals surface area contributed by atoms with E-state index in [1.165, 1.54) is 23.1 Å². The molecule has 4 nitrogen and oxygen atoms in total. The highest BCUT2D eigenvalue weighted by Crippen LogP contribution is 2.31. The predicted octanol–water partition coefficient (Wildman–Crippen LogP) is 3.42. The fourth-order valence-corrected chi connectivity index (χ4v) is 4.86. The SMILES string of the molecule is O=C1NCCCC[C@H]1Sc1nn(-c2ccccc2)c(=S)s1. The van der Waals surface area contributed by atoms with Gasteiger partial charge in [-0.1, -0.05) is 47.7 Å². The summed E-state index contributed by atoms with van der Waals surface area (Å²) in [7, 11) is 0. The Kier molecular flexibility index (Phi) is 4.72. The Morgan fingerprint density at radius 2 is 2.14 bits per heavy atom. The third-order valence-corrected chi connectivity index (χ3v) is 5.84. The molecule has 2 aromatic rings. The second-order valence-corrected chi connectivity index (χ2v) is 7.85. The van der Waals surface area contributed by atoms with Crippen molar-refractivity contribution in [3.8, 4) is 5.69 Å². The zero-order valence-corrected chi connectivity index (χ0v) is 13.8. The van der Waals surface area contributed by atoms with Crippen LogP contribution in [0.5, 0.6) is 0 Å². The van der Waals surface area contributed by atoms with Gasteiger partial charge >= 0.3 is 0 Å². The number of hydrogen-bond acceptors (Lipinski definition) is 5. The number of aromatic nitrogens is 2. The number of hydrogen-bond donors (Lipinski definition) is 1. The van der Waals surface area contributed by atoms with Crippen LogP contribution in [0.4, 0.5) is 0 Å². The Labute approximate surface area is 136 Å². The lowest BCUT2D eigenvalue weighted by Gasteiger charge is -2.09. The van der Waals surface area contributed by atoms with Crippen LogP contribution in [0, 0.1) is 3.95 Å². The van der Waals surface area contributed by atoms with Crippen LogP contribution in [0.25, 0.3) is 5.69 Å². The van der Waals surface area contributed by atoms with E-state index in [-0.39, 0.29) is 11.2 Å². The minimum atomic E-state index is -0.0581. The summed E-state index contributed by atoms with van der Waals surface area (Å²) in [5.74, 6) is 0.116. The van der Waals surface area contributed by atoms with Crippen molar-refractivity contribution in [1.82, 2.24) is 15.1 Å². The molecule has 7 heteroatoms. The Balaban J connectivity index is 1.81. The number of para-hydroxylation sites is 1. The average Bonchev–Trinajstić information content (AvgIpc) is 2.74. The zero-order valence-electron chi connectivity index (χ0n) is 11.3. The van der Waals surface area contributed by atoms with Crippen molar-refractivity contribution in [3.05, 3.63) is 34.3 Å². The van der Waals surface area contributed by atoms with Crippen molar-refractivity contribution >= 4 is 41.2 Å². The number of nitrogens with zero attached hydrogens (tertiary/aromatic N) is 2. The standard InChI is InChI=1S/C14H15N3OS3/c18-12-11(8-4-5-9-15-12)20-13-16-17(14(19)21-13)10-6-2-1-3-7-10/h1-3,6-7,11H,4-5,8-9H2,(H,15,18)/t11-/m1/s1. The Morgan fingerprint density at radius 3 is 2.95 bits per heavy atom. The summed E-state index contributed by atoms with van der Waals surface area (Å²) >= 11 is 8.37. The third kappa shape index (κ3) is 3.53. The third-order valence-electron chi connectivity index (χ3n) is 3.26. The number of benzene rings is 1. The summed E-state index contributed by atoms with van der Waals surface area (Å²) in [6.07, 6.45) is 3.02. The van der Waals surface area contributed by atoms with Crippen LogP contribution in [0.2, 0.25) is 0 Å². The lowest BCUT2D eigenvalue weighted by Crippen LogP contribution is -2.30. The van der Waals surface area contributed by atoms with Gasteiger partial charge in [-0.05, 0) is 37.2 Å². The van der Waals surface area contributed by atoms with Crippen molar-refractivity contribution in [2.75, 3.05) is 6.54 Å². The van der Waals surface area contributed by atoms with E-state index in [0.29, 0.717) is 3.95 Å². The number of amides is 1. The van der Waals surface area contributed by atoms with Gasteiger partial charge in [-0.15, -0.1) is 5.10 Å². The monoisotopic (exact) mass is 337 g/mol. The van der Waals surface area contributed by atoms with Crippen LogP contribution < -0.4 is 5.32 Å². The van der Waals surface area contributed by atoms with Crippen molar-refractivity contribution in [1.29, 1.82) is 0 Å². The molecule has 0 radical (unpaired) electrons. The Hall–Kier alpha value is -1.18. The Morgan fingerprint density at radius 1 is 1.33 bits per heavy atom. The second kappa shape index (κ2) is 6.72. The molecular weight excluding hydrogens is 322 g/mol. The topological polar surface area (TPSA) is 46.9 Å². The molecule has 0 unspecified atom stereocenters. The van der Waals surface area contributed by atoms with Gasteiger partial charge in [-0.3, -0.25) is 4.79 Å². The first kappa shape index (κ1) is 14.7. The van der Waals surface area contributed by atoms with Crippen LogP contribution in [0.1, 0.15) is 19.3 Å². The molecule has 3 rings (SSSR count). The molecule has 110 valence electrons. The van der Waals surface area contributed by atoms with Crippen LogP contribution in [-0.2, 0) is 4.79 Å². The summed E-state index contributed by atoms with van der Waals surface area (Å²) in [6.45, 7) is 0.782. The van der Waals surface area contributed by atoms with Crippen LogP contribution >= 0.6 is 35.3 Å². The molecular formula is C14H15N3OS3. The molecule has 0 saturated carbocycles. The summed E-state index contributed by atoms with van der Waals surface area (Å²) < 4.78 is 3.32. The molecule has 2 heterocycles. The van der Waals surface area contributed by atoms with Crippen molar-refractivity contribution in [2.24, 2.45) is 0 Å². The maximum atomic E-state index is 12.0. The number of carbonyl (C=O) groups is 1. The number of thioether (sulfide) groups is 1. The van der Waals surface area contributed by atoms with Gasteiger partial charge in [0.05, 0.1) is 10.9 Å². The highest BCUT2D eigenvalue weighted by Gasteiger charge is 2.23. The highest BCUT2D eigenvalue weighted by atomic mass is 32.2. The fourth-order valence-electron chi connectivity index (χ4n) is 2.19. The molecule has 1 fully saturated rings. The zero-order chi connectivity index (χ0) is 14.7. The van der Waals surface area contributed by atoms with E-state index in [4.69, 9.17) is 12.2 Å². The quantitative estimate of drug-likeness (QED) is 0.872. The lowest BCUT2D eigenvalue weighted by molar-refractivity contribution is -0.120. The molecule has 21 heavy (non-hydrogen) atoms.